The molecule has 1 atom stereocenters. The van der Waals surface area contributed by atoms with Crippen molar-refractivity contribution in [3.8, 4) is 0 Å². The molecule has 1 N–H and O–H groups in total. The van der Waals surface area contributed by atoms with Crippen molar-refractivity contribution < 1.29 is 4.79 Å². The maximum atomic E-state index is 13.7. The van der Waals surface area contributed by atoms with Crippen LogP contribution in [0.25, 0.3) is 11.0 Å². The molecule has 3 aromatic carbocycles. The minimum absolute atomic E-state index is 0.0681. The SMILES string of the molecule is Cc1ccc(Cn2c(=O)c(N3CCC[C@H](C(=O)NCCCc4ccccc4)C3)nc3ccccc32)cc1. The van der Waals surface area contributed by atoms with E-state index in [2.05, 4.69) is 48.6 Å². The van der Waals surface area contributed by atoms with Crippen LogP contribution in [0, 0.1) is 12.8 Å². The highest BCUT2D eigenvalue weighted by Crippen LogP contribution is 2.22. The van der Waals surface area contributed by atoms with Gasteiger partial charge in [0.1, 0.15) is 0 Å². The lowest BCUT2D eigenvalue weighted by atomic mass is 9.97. The van der Waals surface area contributed by atoms with Crippen LogP contribution in [0.3, 0.4) is 0 Å². The molecule has 5 rings (SSSR count). The molecule has 0 aliphatic carbocycles. The molecule has 190 valence electrons. The predicted octanol–water partition coefficient (Wildman–Crippen LogP) is 4.72. The number of nitrogens with one attached hydrogen (secondary N) is 1. The topological polar surface area (TPSA) is 67.2 Å². The van der Waals surface area contributed by atoms with Crippen molar-refractivity contribution >= 4 is 22.8 Å². The van der Waals surface area contributed by atoms with Gasteiger partial charge in [0.2, 0.25) is 5.91 Å². The third-order valence-electron chi connectivity index (χ3n) is 7.17. The minimum atomic E-state index is -0.149. The summed E-state index contributed by atoms with van der Waals surface area (Å²) in [6, 6.07) is 26.4. The second kappa shape index (κ2) is 11.4. The molecule has 1 aliphatic heterocycles. The average Bonchev–Trinajstić information content (AvgIpc) is 2.94. The maximum Gasteiger partial charge on any atom is 0.294 e. The van der Waals surface area contributed by atoms with Crippen LogP contribution in [0.2, 0.25) is 0 Å². The lowest BCUT2D eigenvalue weighted by molar-refractivity contribution is -0.125. The molecule has 0 radical (unpaired) electrons. The van der Waals surface area contributed by atoms with Crippen molar-refractivity contribution in [2.24, 2.45) is 5.92 Å². The molecule has 1 aliphatic rings. The summed E-state index contributed by atoms with van der Waals surface area (Å²) >= 11 is 0. The van der Waals surface area contributed by atoms with E-state index in [-0.39, 0.29) is 17.4 Å². The number of carbonyl (C=O) groups is 1. The van der Waals surface area contributed by atoms with Crippen molar-refractivity contribution in [3.63, 3.8) is 0 Å². The molecule has 1 amide bonds. The van der Waals surface area contributed by atoms with Crippen LogP contribution in [0.15, 0.2) is 83.7 Å². The largest absolute Gasteiger partial charge is 0.356 e. The number of fused-ring (bicyclic) bond motifs is 1. The van der Waals surface area contributed by atoms with Gasteiger partial charge in [-0.25, -0.2) is 4.98 Å². The molecule has 2 heterocycles. The van der Waals surface area contributed by atoms with Gasteiger partial charge in [-0.05, 0) is 55.9 Å². The van der Waals surface area contributed by atoms with E-state index in [9.17, 15) is 9.59 Å². The van der Waals surface area contributed by atoms with Crippen molar-refractivity contribution in [3.05, 3.63) is 106 Å². The van der Waals surface area contributed by atoms with Crippen LogP contribution in [0.4, 0.5) is 5.82 Å². The van der Waals surface area contributed by atoms with E-state index in [4.69, 9.17) is 4.98 Å². The molecule has 4 aromatic rings. The van der Waals surface area contributed by atoms with Gasteiger partial charge >= 0.3 is 0 Å². The Balaban J connectivity index is 1.31. The molecule has 0 bridgehead atoms. The van der Waals surface area contributed by atoms with Gasteiger partial charge in [-0.1, -0.05) is 72.3 Å². The summed E-state index contributed by atoms with van der Waals surface area (Å²) in [4.78, 5) is 33.5. The fourth-order valence-corrected chi connectivity index (χ4v) is 5.09. The maximum absolute atomic E-state index is 13.7. The fourth-order valence-electron chi connectivity index (χ4n) is 5.09. The van der Waals surface area contributed by atoms with Crippen LogP contribution < -0.4 is 15.8 Å². The van der Waals surface area contributed by atoms with E-state index in [1.54, 1.807) is 0 Å². The Kier molecular flexibility index (Phi) is 7.64. The van der Waals surface area contributed by atoms with Crippen LogP contribution in [0.1, 0.15) is 36.0 Å². The van der Waals surface area contributed by atoms with Crippen LogP contribution in [0.5, 0.6) is 0 Å². The molecule has 37 heavy (non-hydrogen) atoms. The van der Waals surface area contributed by atoms with Crippen molar-refractivity contribution in [2.45, 2.75) is 39.2 Å². The number of aryl methyl sites for hydroxylation is 2. The molecule has 0 saturated carbocycles. The zero-order valence-corrected chi connectivity index (χ0v) is 21.4. The summed E-state index contributed by atoms with van der Waals surface area (Å²) in [5, 5.41) is 3.12. The first kappa shape index (κ1) is 24.8. The lowest BCUT2D eigenvalue weighted by Crippen LogP contribution is -2.45. The van der Waals surface area contributed by atoms with Gasteiger partial charge in [0, 0.05) is 19.6 Å². The first-order valence-electron chi connectivity index (χ1n) is 13.2. The number of aromatic nitrogens is 2. The van der Waals surface area contributed by atoms with Gasteiger partial charge in [0.25, 0.3) is 5.56 Å². The molecular formula is C31H34N4O2. The molecule has 6 nitrogen and oxygen atoms in total. The number of nitrogens with zero attached hydrogens (tertiary/aromatic N) is 3. The van der Waals surface area contributed by atoms with E-state index < -0.39 is 0 Å². The predicted molar refractivity (Wildman–Crippen MR) is 149 cm³/mol. The summed E-state index contributed by atoms with van der Waals surface area (Å²) in [6.07, 6.45) is 3.53. The van der Waals surface area contributed by atoms with E-state index in [1.165, 1.54) is 11.1 Å². The molecule has 6 heteroatoms. The number of para-hydroxylation sites is 2. The Morgan fingerprint density at radius 3 is 2.54 bits per heavy atom. The Morgan fingerprint density at radius 2 is 1.73 bits per heavy atom. The summed E-state index contributed by atoms with van der Waals surface area (Å²) in [5.41, 5.74) is 5.04. The number of anilines is 1. The summed E-state index contributed by atoms with van der Waals surface area (Å²) in [5.74, 6) is 0.356. The average molecular weight is 495 g/mol. The first-order valence-corrected chi connectivity index (χ1v) is 13.2. The normalized spacial score (nSPS) is 15.6. The number of hydrogen-bond acceptors (Lipinski definition) is 4. The van der Waals surface area contributed by atoms with Gasteiger partial charge in [0.15, 0.2) is 5.82 Å². The number of amides is 1. The molecule has 0 unspecified atom stereocenters. The van der Waals surface area contributed by atoms with Crippen LogP contribution in [-0.4, -0.2) is 35.1 Å². The van der Waals surface area contributed by atoms with Gasteiger partial charge in [-0.2, -0.15) is 0 Å². The standard InChI is InChI=1S/C31H34N4O2/c1-23-15-17-25(18-16-23)21-35-28-14-6-5-13-27(28)33-29(31(35)37)34-20-8-12-26(22-34)30(36)32-19-7-11-24-9-3-2-4-10-24/h2-6,9-10,13-18,26H,7-8,11-12,19-22H2,1H3,(H,32,36)/t26-/m0/s1. The smallest absolute Gasteiger partial charge is 0.294 e. The van der Waals surface area contributed by atoms with Crippen LogP contribution >= 0.6 is 0 Å². The van der Waals surface area contributed by atoms with Gasteiger partial charge in [0.05, 0.1) is 23.5 Å². The molecule has 1 aromatic heterocycles. The quantitative estimate of drug-likeness (QED) is 0.360. The molecule has 1 saturated heterocycles. The zero-order chi connectivity index (χ0) is 25.6. The second-order valence-corrected chi connectivity index (χ2v) is 9.97. The summed E-state index contributed by atoms with van der Waals surface area (Å²) in [7, 11) is 0. The van der Waals surface area contributed by atoms with Crippen molar-refractivity contribution in [1.29, 1.82) is 0 Å². The summed E-state index contributed by atoms with van der Waals surface area (Å²) < 4.78 is 1.82. The Bertz CT molecular complexity index is 1410. The van der Waals surface area contributed by atoms with Crippen LogP contribution in [-0.2, 0) is 17.8 Å². The van der Waals surface area contributed by atoms with Gasteiger partial charge in [-0.3, -0.25) is 14.2 Å². The molecular weight excluding hydrogens is 460 g/mol. The third-order valence-corrected chi connectivity index (χ3v) is 7.17. The minimum Gasteiger partial charge on any atom is -0.356 e. The number of piperidine rings is 1. The summed E-state index contributed by atoms with van der Waals surface area (Å²) in [6.45, 7) is 4.43. The van der Waals surface area contributed by atoms with E-state index in [0.29, 0.717) is 25.5 Å². The van der Waals surface area contributed by atoms with Crippen molar-refractivity contribution in [1.82, 2.24) is 14.9 Å². The highest BCUT2D eigenvalue weighted by Gasteiger charge is 2.28. The second-order valence-electron chi connectivity index (χ2n) is 9.97. The molecule has 0 spiro atoms. The Morgan fingerprint density at radius 1 is 0.973 bits per heavy atom. The zero-order valence-electron chi connectivity index (χ0n) is 21.4. The van der Waals surface area contributed by atoms with Gasteiger partial charge < -0.3 is 10.2 Å². The Labute approximate surface area is 218 Å². The highest BCUT2D eigenvalue weighted by molar-refractivity contribution is 5.80. The first-order chi connectivity index (χ1) is 18.1. The van der Waals surface area contributed by atoms with E-state index >= 15 is 0 Å². The molecule has 1 fully saturated rings. The number of benzene rings is 3. The third kappa shape index (κ3) is 5.91. The van der Waals surface area contributed by atoms with Gasteiger partial charge in [-0.15, -0.1) is 0 Å². The number of carbonyl (C=O) groups excluding carboxylic acids is 1. The lowest BCUT2D eigenvalue weighted by Gasteiger charge is -2.32. The fraction of sp³-hybridized carbons (Fsp3) is 0.323. The number of hydrogen-bond donors (Lipinski definition) is 1. The van der Waals surface area contributed by atoms with Crippen molar-refractivity contribution in [2.75, 3.05) is 24.5 Å². The Hall–Kier alpha value is -3.93. The van der Waals surface area contributed by atoms with E-state index in [0.717, 1.165) is 48.8 Å². The highest BCUT2D eigenvalue weighted by atomic mass is 16.2. The number of rotatable bonds is 8. The van der Waals surface area contributed by atoms with E-state index in [1.807, 2.05) is 51.9 Å². The monoisotopic (exact) mass is 494 g/mol.